The van der Waals surface area contributed by atoms with E-state index in [1.54, 1.807) is 23.1 Å². The van der Waals surface area contributed by atoms with Crippen LogP contribution < -0.4 is 5.32 Å². The molecule has 7 nitrogen and oxygen atoms in total. The van der Waals surface area contributed by atoms with Gasteiger partial charge in [0.1, 0.15) is 4.21 Å². The van der Waals surface area contributed by atoms with Crippen molar-refractivity contribution in [2.75, 3.05) is 26.2 Å². The van der Waals surface area contributed by atoms with Crippen LogP contribution in [0.5, 0.6) is 0 Å². The van der Waals surface area contributed by atoms with Crippen molar-refractivity contribution in [3.63, 3.8) is 0 Å². The van der Waals surface area contributed by atoms with Crippen LogP contribution in [-0.2, 0) is 23.0 Å². The molecule has 1 aromatic carbocycles. The number of rotatable bonds is 3. The Labute approximate surface area is 205 Å². The van der Waals surface area contributed by atoms with Crippen molar-refractivity contribution in [2.45, 2.75) is 30.1 Å². The van der Waals surface area contributed by atoms with E-state index in [1.807, 2.05) is 6.07 Å². The van der Waals surface area contributed by atoms with Gasteiger partial charge in [-0.2, -0.15) is 4.31 Å². The first-order valence-electron chi connectivity index (χ1n) is 10.0. The summed E-state index contributed by atoms with van der Waals surface area (Å²) in [5, 5.41) is 5.33. The van der Waals surface area contributed by atoms with Crippen molar-refractivity contribution in [3.05, 3.63) is 44.9 Å². The Balaban J connectivity index is 0.00000245. The molecule has 1 N–H and O–H groups in total. The number of sulfonamides is 1. The largest absolute Gasteiger partial charge is 0.334 e. The molecule has 0 spiro atoms. The fraction of sp³-hybridized carbons (Fsp3) is 0.400. The van der Waals surface area contributed by atoms with E-state index in [-0.39, 0.29) is 31.4 Å². The number of halogens is 2. The maximum atomic E-state index is 13.1. The van der Waals surface area contributed by atoms with Crippen LogP contribution in [0.3, 0.4) is 0 Å². The number of nitrogens with one attached hydrogen (secondary N) is 1. The lowest BCUT2D eigenvalue weighted by Gasteiger charge is -2.33. The van der Waals surface area contributed by atoms with Crippen molar-refractivity contribution in [3.8, 4) is 0 Å². The zero-order valence-corrected chi connectivity index (χ0v) is 21.2. The van der Waals surface area contributed by atoms with Crippen molar-refractivity contribution >= 4 is 72.7 Å². The normalized spacial score (nSPS) is 19.6. The first-order valence-corrected chi connectivity index (χ1v) is 13.5. The Morgan fingerprint density at radius 1 is 1.19 bits per heavy atom. The molecule has 0 saturated carbocycles. The van der Waals surface area contributed by atoms with E-state index in [9.17, 15) is 13.2 Å². The van der Waals surface area contributed by atoms with Crippen LogP contribution in [0.4, 0.5) is 0 Å². The Hall–Kier alpha value is -1.27. The predicted molar refractivity (Wildman–Crippen MR) is 131 cm³/mol. The van der Waals surface area contributed by atoms with E-state index in [0.717, 1.165) is 33.6 Å². The summed E-state index contributed by atoms with van der Waals surface area (Å²) < 4.78 is 28.9. The number of thiophene rings is 1. The van der Waals surface area contributed by atoms with E-state index in [4.69, 9.17) is 11.6 Å². The molecule has 3 aromatic rings. The van der Waals surface area contributed by atoms with Gasteiger partial charge in [0.2, 0.25) is 0 Å². The van der Waals surface area contributed by atoms with Gasteiger partial charge in [-0.15, -0.1) is 35.1 Å². The molecule has 2 aliphatic rings. The lowest BCUT2D eigenvalue weighted by atomic mass is 10.1. The molecule has 2 aromatic heterocycles. The lowest BCUT2D eigenvalue weighted by molar-refractivity contribution is 0.0697. The van der Waals surface area contributed by atoms with Gasteiger partial charge in [-0.3, -0.25) is 4.79 Å². The highest BCUT2D eigenvalue weighted by atomic mass is 35.5. The predicted octanol–water partition coefficient (Wildman–Crippen LogP) is 3.61. The average Bonchev–Trinajstić information content (AvgIpc) is 3.37. The highest BCUT2D eigenvalue weighted by Gasteiger charge is 2.33. The van der Waals surface area contributed by atoms with Gasteiger partial charge in [0.15, 0.2) is 5.01 Å². The third kappa shape index (κ3) is 4.42. The molecule has 172 valence electrons. The van der Waals surface area contributed by atoms with Crippen LogP contribution in [0.1, 0.15) is 27.3 Å². The second-order valence-corrected chi connectivity index (χ2v) is 12.6. The van der Waals surface area contributed by atoms with Gasteiger partial charge in [0, 0.05) is 59.8 Å². The van der Waals surface area contributed by atoms with Gasteiger partial charge in [0.05, 0.1) is 5.69 Å². The molecule has 1 saturated heterocycles. The minimum atomic E-state index is -3.61. The standard InChI is InChI=1S/C20H21ClN4O3S3.ClH/c1-12-8-15-17(11-22-12)30-19(23-15)20(26)24-4-6-25(7-5-24)31(27,28)18-9-13-2-3-14(21)10-16(13)29-18;/h2-3,9-10,12,22H,4-8,11H2,1H3;1H. The van der Waals surface area contributed by atoms with Gasteiger partial charge < -0.3 is 10.2 Å². The van der Waals surface area contributed by atoms with E-state index in [2.05, 4.69) is 17.2 Å². The quantitative estimate of drug-likeness (QED) is 0.557. The molecule has 5 rings (SSSR count). The molecule has 4 heterocycles. The first kappa shape index (κ1) is 23.9. The number of carbonyl (C=O) groups excluding carboxylic acids is 1. The smallest absolute Gasteiger partial charge is 0.282 e. The zero-order chi connectivity index (χ0) is 21.8. The number of fused-ring (bicyclic) bond motifs is 2. The number of hydrogen-bond acceptors (Lipinski definition) is 7. The van der Waals surface area contributed by atoms with Crippen LogP contribution in [0, 0.1) is 0 Å². The third-order valence-electron chi connectivity index (χ3n) is 5.65. The number of benzene rings is 1. The maximum Gasteiger partial charge on any atom is 0.282 e. The first-order chi connectivity index (χ1) is 14.8. The molecule has 1 atom stereocenters. The van der Waals surface area contributed by atoms with Gasteiger partial charge in [-0.05, 0) is 30.5 Å². The number of nitrogens with zero attached hydrogens (tertiary/aromatic N) is 3. The minimum Gasteiger partial charge on any atom is -0.334 e. The number of thiazole rings is 1. The number of hydrogen-bond donors (Lipinski definition) is 1. The highest BCUT2D eigenvalue weighted by molar-refractivity contribution is 7.91. The van der Waals surface area contributed by atoms with Crippen molar-refractivity contribution in [1.82, 2.24) is 19.5 Å². The van der Waals surface area contributed by atoms with Gasteiger partial charge in [-0.1, -0.05) is 17.7 Å². The molecule has 1 unspecified atom stereocenters. The second-order valence-electron chi connectivity index (χ2n) is 7.82. The number of aromatic nitrogens is 1. The van der Waals surface area contributed by atoms with E-state index in [0.29, 0.717) is 33.4 Å². The summed E-state index contributed by atoms with van der Waals surface area (Å²) >= 11 is 8.69. The molecule has 0 bridgehead atoms. The Morgan fingerprint density at radius 3 is 2.69 bits per heavy atom. The molecule has 1 fully saturated rings. The Morgan fingerprint density at radius 2 is 1.94 bits per heavy atom. The summed E-state index contributed by atoms with van der Waals surface area (Å²) in [6, 6.07) is 7.41. The summed E-state index contributed by atoms with van der Waals surface area (Å²) in [6.45, 7) is 4.10. The highest BCUT2D eigenvalue weighted by Crippen LogP contribution is 2.33. The molecule has 1 amide bonds. The van der Waals surface area contributed by atoms with Gasteiger partial charge in [0.25, 0.3) is 15.9 Å². The van der Waals surface area contributed by atoms with Crippen molar-refractivity contribution in [1.29, 1.82) is 0 Å². The van der Waals surface area contributed by atoms with E-state index < -0.39 is 10.0 Å². The van der Waals surface area contributed by atoms with Crippen LogP contribution in [0.15, 0.2) is 28.5 Å². The van der Waals surface area contributed by atoms with Crippen molar-refractivity contribution < 1.29 is 13.2 Å². The molecule has 12 heteroatoms. The van der Waals surface area contributed by atoms with Gasteiger partial charge >= 0.3 is 0 Å². The second kappa shape index (κ2) is 9.17. The maximum absolute atomic E-state index is 13.1. The zero-order valence-electron chi connectivity index (χ0n) is 17.2. The van der Waals surface area contributed by atoms with Crippen LogP contribution >= 0.6 is 46.7 Å². The van der Waals surface area contributed by atoms with E-state index in [1.165, 1.54) is 27.0 Å². The summed E-state index contributed by atoms with van der Waals surface area (Å²) in [5.74, 6) is -0.111. The lowest BCUT2D eigenvalue weighted by Crippen LogP contribution is -2.50. The number of piperazine rings is 1. The Kier molecular flexibility index (Phi) is 6.84. The summed E-state index contributed by atoms with van der Waals surface area (Å²) in [5.41, 5.74) is 1.01. The molecular weight excluding hydrogens is 511 g/mol. The monoisotopic (exact) mass is 532 g/mol. The number of amides is 1. The van der Waals surface area contributed by atoms with Crippen LogP contribution in [0.25, 0.3) is 10.1 Å². The molecular formula is C20H22Cl2N4O3S3. The van der Waals surface area contributed by atoms with Crippen LogP contribution in [-0.4, -0.2) is 60.7 Å². The van der Waals surface area contributed by atoms with Gasteiger partial charge in [-0.25, -0.2) is 13.4 Å². The summed E-state index contributed by atoms with van der Waals surface area (Å²) in [6.07, 6.45) is 0.825. The van der Waals surface area contributed by atoms with Crippen LogP contribution in [0.2, 0.25) is 5.02 Å². The fourth-order valence-electron chi connectivity index (χ4n) is 3.90. The topological polar surface area (TPSA) is 82.6 Å². The summed E-state index contributed by atoms with van der Waals surface area (Å²) in [4.78, 5) is 20.3. The Bertz CT molecular complexity index is 1270. The number of carbonyl (C=O) groups is 1. The minimum absolute atomic E-state index is 0. The molecule has 2 aliphatic heterocycles. The van der Waals surface area contributed by atoms with Crippen molar-refractivity contribution in [2.24, 2.45) is 0 Å². The van der Waals surface area contributed by atoms with E-state index >= 15 is 0 Å². The molecule has 32 heavy (non-hydrogen) atoms. The SMILES string of the molecule is CC1Cc2nc(C(=O)N3CCN(S(=O)(=O)c4cc5ccc(Cl)cc5s4)CC3)sc2CN1.Cl. The third-order valence-corrected chi connectivity index (χ3v) is 10.4. The summed E-state index contributed by atoms with van der Waals surface area (Å²) in [7, 11) is -3.61. The molecule has 0 radical (unpaired) electrons. The molecule has 0 aliphatic carbocycles. The fourth-order valence-corrected chi connectivity index (χ4v) is 8.16. The average molecular weight is 534 g/mol.